The van der Waals surface area contributed by atoms with Crippen LogP contribution in [0.15, 0.2) is 116 Å². The van der Waals surface area contributed by atoms with Crippen molar-refractivity contribution in [3.05, 3.63) is 133 Å². The minimum atomic E-state index is -0.289. The van der Waals surface area contributed by atoms with Gasteiger partial charge < -0.3 is 9.97 Å². The molecule has 3 aromatic carbocycles. The van der Waals surface area contributed by atoms with Crippen LogP contribution in [0.25, 0.3) is 33.6 Å². The molecule has 0 aliphatic rings. The van der Waals surface area contributed by atoms with Crippen LogP contribution in [-0.4, -0.2) is 9.97 Å². The van der Waals surface area contributed by atoms with E-state index in [1.807, 2.05) is 84.9 Å². The van der Waals surface area contributed by atoms with E-state index in [-0.39, 0.29) is 25.9 Å². The van der Waals surface area contributed by atoms with Gasteiger partial charge in [0.2, 0.25) is 0 Å². The maximum atomic E-state index is 12.9. The molecule has 0 amide bonds. The molecule has 0 saturated heterocycles. The average Bonchev–Trinajstić information content (AvgIpc) is 2.87. The van der Waals surface area contributed by atoms with Crippen molar-refractivity contribution in [2.24, 2.45) is 0 Å². The third-order valence-electron chi connectivity index (χ3n) is 4.57. The third-order valence-corrected chi connectivity index (χ3v) is 4.57. The molecule has 1 radical (unpaired) electrons. The van der Waals surface area contributed by atoms with Crippen molar-refractivity contribution < 1.29 is 24.5 Å². The van der Waals surface area contributed by atoms with Crippen molar-refractivity contribution in [3.63, 3.8) is 0 Å². The summed E-state index contributed by atoms with van der Waals surface area (Å²) in [6.45, 7) is 0. The topological polar surface area (TPSA) is 25.8 Å². The number of rotatable bonds is 3. The number of hydrogen-bond donors (Lipinski definition) is 0. The summed E-state index contributed by atoms with van der Waals surface area (Å²) >= 11 is 0. The van der Waals surface area contributed by atoms with Crippen molar-refractivity contribution >= 4 is 0 Å². The standard InChI is InChI=1S/C17H11FN.C11H8N.Ir/c18-16-8-6-14(7-9-16)17-12-15(10-11-19-17)13-4-2-1-3-5-13;1-2-6-10(7-3-1)11-8-4-5-9-12-11;/h1-6,8-12H;1-6,8-9H;/q2*-1;. The molecule has 2 aromatic heterocycles. The van der Waals surface area contributed by atoms with Crippen LogP contribution in [0.2, 0.25) is 0 Å². The van der Waals surface area contributed by atoms with Gasteiger partial charge in [0, 0.05) is 38.3 Å². The SMILES string of the molecule is Fc1c[c-]c(-c2cc(-c3ccccc3)ccn2)cc1.[Ir].[c-]1ccccc1-c1ccccn1. The Morgan fingerprint density at radius 2 is 1.34 bits per heavy atom. The maximum absolute atomic E-state index is 12.9. The number of aromatic nitrogens is 2. The Bertz CT molecular complexity index is 1180. The van der Waals surface area contributed by atoms with Crippen molar-refractivity contribution in [3.8, 4) is 33.6 Å². The van der Waals surface area contributed by atoms with Gasteiger partial charge in [-0.2, -0.15) is 0 Å². The van der Waals surface area contributed by atoms with Gasteiger partial charge in [-0.25, -0.2) is 0 Å². The molecular weight excluding hydrogens is 576 g/mol. The van der Waals surface area contributed by atoms with E-state index in [1.165, 1.54) is 12.1 Å². The first kappa shape index (κ1) is 23.2. The van der Waals surface area contributed by atoms with Gasteiger partial charge in [-0.1, -0.05) is 48.5 Å². The van der Waals surface area contributed by atoms with Crippen LogP contribution in [0.3, 0.4) is 0 Å². The summed E-state index contributed by atoms with van der Waals surface area (Å²) in [5.74, 6) is -0.289. The van der Waals surface area contributed by atoms with Crippen LogP contribution >= 0.6 is 0 Å². The first-order valence-corrected chi connectivity index (χ1v) is 9.87. The van der Waals surface area contributed by atoms with Crippen molar-refractivity contribution in [2.75, 3.05) is 0 Å². The largest absolute Gasteiger partial charge is 0.305 e. The van der Waals surface area contributed by atoms with Crippen molar-refractivity contribution in [1.29, 1.82) is 0 Å². The Morgan fingerprint density at radius 1 is 0.594 bits per heavy atom. The minimum absolute atomic E-state index is 0. The molecule has 0 spiro atoms. The fourth-order valence-electron chi connectivity index (χ4n) is 3.03. The Kier molecular flexibility index (Phi) is 8.56. The van der Waals surface area contributed by atoms with E-state index in [9.17, 15) is 4.39 Å². The normalized spacial score (nSPS) is 9.78. The van der Waals surface area contributed by atoms with Gasteiger partial charge in [0.05, 0.1) is 0 Å². The molecule has 4 heteroatoms. The van der Waals surface area contributed by atoms with Crippen LogP contribution in [-0.2, 0) is 20.1 Å². The number of pyridine rings is 2. The van der Waals surface area contributed by atoms with E-state index < -0.39 is 0 Å². The molecule has 0 bridgehead atoms. The predicted molar refractivity (Wildman–Crippen MR) is 122 cm³/mol. The summed E-state index contributed by atoms with van der Waals surface area (Å²) in [6, 6.07) is 38.2. The zero-order chi connectivity index (χ0) is 21.3. The average molecular weight is 595 g/mol. The molecule has 0 fully saturated rings. The third kappa shape index (κ3) is 6.27. The van der Waals surface area contributed by atoms with E-state index >= 15 is 0 Å². The first-order chi connectivity index (χ1) is 15.3. The van der Waals surface area contributed by atoms with E-state index in [1.54, 1.807) is 18.5 Å². The van der Waals surface area contributed by atoms with Gasteiger partial charge in [0.1, 0.15) is 0 Å². The summed E-state index contributed by atoms with van der Waals surface area (Å²) in [5.41, 5.74) is 5.81. The number of benzene rings is 3. The van der Waals surface area contributed by atoms with E-state index in [0.717, 1.165) is 33.6 Å². The van der Waals surface area contributed by atoms with Crippen LogP contribution < -0.4 is 0 Å². The Labute approximate surface area is 201 Å². The summed E-state index contributed by atoms with van der Waals surface area (Å²) in [7, 11) is 0. The molecule has 2 nitrogen and oxygen atoms in total. The zero-order valence-electron chi connectivity index (χ0n) is 17.1. The van der Waals surface area contributed by atoms with Crippen LogP contribution in [0, 0.1) is 17.9 Å². The fourth-order valence-corrected chi connectivity index (χ4v) is 3.03. The van der Waals surface area contributed by atoms with Gasteiger partial charge in [0.25, 0.3) is 0 Å². The summed E-state index contributed by atoms with van der Waals surface area (Å²) < 4.78 is 12.9. The molecule has 159 valence electrons. The van der Waals surface area contributed by atoms with E-state index in [2.05, 4.69) is 22.1 Å². The van der Waals surface area contributed by atoms with E-state index in [4.69, 9.17) is 0 Å². The Hall–Kier alpha value is -3.46. The first-order valence-electron chi connectivity index (χ1n) is 9.87. The van der Waals surface area contributed by atoms with Crippen LogP contribution in [0.4, 0.5) is 4.39 Å². The van der Waals surface area contributed by atoms with Gasteiger partial charge in [-0.15, -0.1) is 65.7 Å². The van der Waals surface area contributed by atoms with Crippen molar-refractivity contribution in [1.82, 2.24) is 9.97 Å². The molecule has 5 aromatic rings. The number of hydrogen-bond acceptors (Lipinski definition) is 2. The van der Waals surface area contributed by atoms with Gasteiger partial charge in [0.15, 0.2) is 0 Å². The van der Waals surface area contributed by atoms with Gasteiger partial charge in [-0.3, -0.25) is 4.39 Å². The van der Waals surface area contributed by atoms with Gasteiger partial charge >= 0.3 is 0 Å². The Morgan fingerprint density at radius 3 is 2.03 bits per heavy atom. The molecular formula is C28H19FIrN2-2. The quantitative estimate of drug-likeness (QED) is 0.213. The maximum Gasteiger partial charge on any atom is 0.0379 e. The van der Waals surface area contributed by atoms with Crippen molar-refractivity contribution in [2.45, 2.75) is 0 Å². The molecule has 0 unspecified atom stereocenters. The summed E-state index contributed by atoms with van der Waals surface area (Å²) in [4.78, 5) is 8.53. The summed E-state index contributed by atoms with van der Waals surface area (Å²) in [5, 5.41) is 0. The monoisotopic (exact) mass is 595 g/mol. The number of halogens is 1. The predicted octanol–water partition coefficient (Wildman–Crippen LogP) is 6.90. The molecule has 0 N–H and O–H groups in total. The zero-order valence-corrected chi connectivity index (χ0v) is 19.5. The van der Waals surface area contributed by atoms with Gasteiger partial charge in [-0.05, 0) is 34.6 Å². The molecule has 32 heavy (non-hydrogen) atoms. The molecule has 0 saturated carbocycles. The Balaban J connectivity index is 0.000000193. The molecule has 2 heterocycles. The second kappa shape index (κ2) is 11.8. The second-order valence-corrected chi connectivity index (χ2v) is 6.71. The molecule has 0 atom stereocenters. The van der Waals surface area contributed by atoms with Crippen LogP contribution in [0.5, 0.6) is 0 Å². The summed E-state index contributed by atoms with van der Waals surface area (Å²) in [6.07, 6.45) is 3.55. The fraction of sp³-hybridized carbons (Fsp3) is 0. The minimum Gasteiger partial charge on any atom is -0.305 e. The number of nitrogens with zero attached hydrogens (tertiary/aromatic N) is 2. The molecule has 0 aliphatic carbocycles. The second-order valence-electron chi connectivity index (χ2n) is 6.71. The molecule has 5 rings (SSSR count). The molecule has 0 aliphatic heterocycles. The van der Waals surface area contributed by atoms with E-state index in [0.29, 0.717) is 0 Å². The van der Waals surface area contributed by atoms with Crippen LogP contribution in [0.1, 0.15) is 0 Å². The smallest absolute Gasteiger partial charge is 0.0379 e.